The third-order valence-electron chi connectivity index (χ3n) is 3.69. The summed E-state index contributed by atoms with van der Waals surface area (Å²) in [5.74, 6) is 0.618. The zero-order chi connectivity index (χ0) is 13.2. The maximum Gasteiger partial charge on any atom is 0.212 e. The smallest absolute Gasteiger partial charge is 0.212 e. The Kier molecular flexibility index (Phi) is 3.17. The van der Waals surface area contributed by atoms with Crippen molar-refractivity contribution >= 4 is 0 Å². The van der Waals surface area contributed by atoms with Gasteiger partial charge < -0.3 is 9.84 Å². The summed E-state index contributed by atoms with van der Waals surface area (Å²) in [6, 6.07) is 7.66. The number of hydrogen-bond acceptors (Lipinski definition) is 4. The van der Waals surface area contributed by atoms with Crippen LogP contribution in [0.25, 0.3) is 0 Å². The molecule has 98 valence electrons. The van der Waals surface area contributed by atoms with Crippen LogP contribution in [0.3, 0.4) is 0 Å². The van der Waals surface area contributed by atoms with Gasteiger partial charge in [0.15, 0.2) is 0 Å². The van der Waals surface area contributed by atoms with Crippen LogP contribution >= 0.6 is 0 Å². The number of methoxy groups -OCH3 is 1. The summed E-state index contributed by atoms with van der Waals surface area (Å²) in [5.41, 5.74) is 3.07. The van der Waals surface area contributed by atoms with Crippen LogP contribution in [0.5, 0.6) is 5.88 Å². The van der Waals surface area contributed by atoms with Gasteiger partial charge in [0, 0.05) is 30.1 Å². The van der Waals surface area contributed by atoms with Crippen LogP contribution in [0.2, 0.25) is 0 Å². The van der Waals surface area contributed by atoms with E-state index < -0.39 is 6.10 Å². The number of aliphatic hydroxyl groups excluding tert-OH is 1. The van der Waals surface area contributed by atoms with Crippen molar-refractivity contribution in [3.05, 3.63) is 53.5 Å². The average Bonchev–Trinajstić information content (AvgIpc) is 2.90. The van der Waals surface area contributed by atoms with Crippen molar-refractivity contribution in [2.24, 2.45) is 0 Å². The van der Waals surface area contributed by atoms with E-state index in [0.29, 0.717) is 5.88 Å². The van der Waals surface area contributed by atoms with E-state index in [2.05, 4.69) is 16.0 Å². The molecule has 0 radical (unpaired) electrons. The lowest BCUT2D eigenvalue weighted by Gasteiger charge is -2.18. The predicted molar refractivity (Wildman–Crippen MR) is 71.0 cm³/mol. The second kappa shape index (κ2) is 4.97. The quantitative estimate of drug-likeness (QED) is 0.915. The first-order valence-electron chi connectivity index (χ1n) is 6.41. The van der Waals surface area contributed by atoms with Gasteiger partial charge in [-0.3, -0.25) is 4.98 Å². The van der Waals surface area contributed by atoms with Gasteiger partial charge in [-0.15, -0.1) is 0 Å². The molecule has 4 heteroatoms. The first-order valence-corrected chi connectivity index (χ1v) is 6.41. The third kappa shape index (κ3) is 2.19. The van der Waals surface area contributed by atoms with E-state index in [1.807, 2.05) is 12.1 Å². The van der Waals surface area contributed by atoms with Crippen molar-refractivity contribution in [2.45, 2.75) is 24.9 Å². The van der Waals surface area contributed by atoms with Gasteiger partial charge in [0.1, 0.15) is 0 Å². The molecule has 3 rings (SSSR count). The van der Waals surface area contributed by atoms with Crippen LogP contribution < -0.4 is 4.74 Å². The van der Waals surface area contributed by atoms with Gasteiger partial charge >= 0.3 is 0 Å². The lowest BCUT2D eigenvalue weighted by atomic mass is 9.94. The Labute approximate surface area is 112 Å². The normalized spacial score (nSPS) is 18.9. The lowest BCUT2D eigenvalue weighted by molar-refractivity contribution is 0.143. The zero-order valence-corrected chi connectivity index (χ0v) is 10.8. The number of ether oxygens (including phenoxy) is 1. The van der Waals surface area contributed by atoms with E-state index in [9.17, 15) is 5.11 Å². The topological polar surface area (TPSA) is 55.2 Å². The molecular weight excluding hydrogens is 240 g/mol. The van der Waals surface area contributed by atoms with Gasteiger partial charge in [0.25, 0.3) is 0 Å². The van der Waals surface area contributed by atoms with Crippen molar-refractivity contribution in [3.8, 4) is 5.88 Å². The molecule has 0 fully saturated rings. The van der Waals surface area contributed by atoms with E-state index in [4.69, 9.17) is 4.74 Å². The lowest BCUT2D eigenvalue weighted by Crippen LogP contribution is -2.09. The monoisotopic (exact) mass is 256 g/mol. The summed E-state index contributed by atoms with van der Waals surface area (Å²) in [7, 11) is 1.58. The highest BCUT2D eigenvalue weighted by molar-refractivity contribution is 5.32. The summed E-state index contributed by atoms with van der Waals surface area (Å²) in [6.45, 7) is 0. The number of rotatable bonds is 3. The maximum absolute atomic E-state index is 10.5. The fourth-order valence-electron chi connectivity index (χ4n) is 2.67. The molecule has 0 saturated carbocycles. The number of pyridine rings is 2. The van der Waals surface area contributed by atoms with Crippen molar-refractivity contribution < 1.29 is 9.84 Å². The SMILES string of the molecule is COc1ccc(C(O)C2CCc3cccnc32)cn1. The van der Waals surface area contributed by atoms with Crippen molar-refractivity contribution in [2.75, 3.05) is 7.11 Å². The van der Waals surface area contributed by atoms with Crippen molar-refractivity contribution in [3.63, 3.8) is 0 Å². The Hall–Kier alpha value is -1.94. The van der Waals surface area contributed by atoms with Crippen LogP contribution in [-0.4, -0.2) is 22.2 Å². The minimum absolute atomic E-state index is 0.0615. The molecule has 2 aromatic heterocycles. The predicted octanol–water partition coefficient (Wildman–Crippen LogP) is 2.25. The minimum Gasteiger partial charge on any atom is -0.481 e. The second-order valence-electron chi connectivity index (χ2n) is 4.77. The Balaban J connectivity index is 1.86. The number of nitrogens with zero attached hydrogens (tertiary/aromatic N) is 2. The number of aliphatic hydroxyl groups is 1. The highest BCUT2D eigenvalue weighted by atomic mass is 16.5. The molecule has 1 aliphatic rings. The third-order valence-corrected chi connectivity index (χ3v) is 3.69. The van der Waals surface area contributed by atoms with Gasteiger partial charge in [0.05, 0.1) is 13.2 Å². The van der Waals surface area contributed by atoms with Gasteiger partial charge in [0.2, 0.25) is 5.88 Å². The first-order chi connectivity index (χ1) is 9.29. The van der Waals surface area contributed by atoms with Gasteiger partial charge in [-0.2, -0.15) is 0 Å². The summed E-state index contributed by atoms with van der Waals surface area (Å²) in [6.07, 6.45) is 4.81. The van der Waals surface area contributed by atoms with Crippen LogP contribution in [0.4, 0.5) is 0 Å². The van der Waals surface area contributed by atoms with Gasteiger partial charge in [-0.25, -0.2) is 4.98 Å². The molecule has 2 aromatic rings. The molecule has 19 heavy (non-hydrogen) atoms. The Morgan fingerprint density at radius 1 is 1.32 bits per heavy atom. The number of aryl methyl sites for hydroxylation is 1. The van der Waals surface area contributed by atoms with Crippen molar-refractivity contribution in [1.29, 1.82) is 0 Å². The second-order valence-corrected chi connectivity index (χ2v) is 4.77. The average molecular weight is 256 g/mol. The standard InChI is InChI=1S/C15H16N2O2/c1-19-13-7-5-11(9-17-13)15(18)12-6-4-10-3-2-8-16-14(10)12/h2-3,5,7-9,12,15,18H,4,6H2,1H3. The molecule has 0 aliphatic heterocycles. The largest absolute Gasteiger partial charge is 0.481 e. The Morgan fingerprint density at radius 2 is 2.21 bits per heavy atom. The van der Waals surface area contributed by atoms with Gasteiger partial charge in [-0.05, 0) is 36.1 Å². The van der Waals surface area contributed by atoms with E-state index in [1.165, 1.54) is 5.56 Å². The van der Waals surface area contributed by atoms with Crippen molar-refractivity contribution in [1.82, 2.24) is 9.97 Å². The van der Waals surface area contributed by atoms with Gasteiger partial charge in [-0.1, -0.05) is 6.07 Å². The molecule has 1 aliphatic carbocycles. The fraction of sp³-hybridized carbons (Fsp3) is 0.333. The molecule has 0 amide bonds. The molecule has 2 unspecified atom stereocenters. The van der Waals surface area contributed by atoms with E-state index in [0.717, 1.165) is 24.1 Å². The number of aromatic nitrogens is 2. The number of hydrogen-bond donors (Lipinski definition) is 1. The zero-order valence-electron chi connectivity index (χ0n) is 10.8. The minimum atomic E-state index is -0.561. The van der Waals surface area contributed by atoms with E-state index in [-0.39, 0.29) is 5.92 Å². The van der Waals surface area contributed by atoms with Crippen LogP contribution in [0.1, 0.15) is 35.3 Å². The molecule has 0 spiro atoms. The van der Waals surface area contributed by atoms with E-state index >= 15 is 0 Å². The Bertz CT molecular complexity index is 569. The molecule has 2 heterocycles. The Morgan fingerprint density at radius 3 is 2.95 bits per heavy atom. The summed E-state index contributed by atoms with van der Waals surface area (Å²) < 4.78 is 5.03. The highest BCUT2D eigenvalue weighted by Crippen LogP contribution is 2.40. The highest BCUT2D eigenvalue weighted by Gasteiger charge is 2.30. The molecule has 0 saturated heterocycles. The molecule has 0 bridgehead atoms. The summed E-state index contributed by atoms with van der Waals surface area (Å²) in [4.78, 5) is 8.56. The summed E-state index contributed by atoms with van der Waals surface area (Å²) >= 11 is 0. The maximum atomic E-state index is 10.5. The van der Waals surface area contributed by atoms with Crippen LogP contribution in [0, 0.1) is 0 Å². The molecular formula is C15H16N2O2. The molecule has 4 nitrogen and oxygen atoms in total. The van der Waals surface area contributed by atoms with Crippen LogP contribution in [0.15, 0.2) is 36.7 Å². The number of fused-ring (bicyclic) bond motifs is 1. The van der Waals surface area contributed by atoms with Crippen LogP contribution in [-0.2, 0) is 6.42 Å². The molecule has 0 aromatic carbocycles. The fourth-order valence-corrected chi connectivity index (χ4v) is 2.67. The van der Waals surface area contributed by atoms with E-state index in [1.54, 1.807) is 25.6 Å². The molecule has 1 N–H and O–H groups in total. The molecule has 2 atom stereocenters. The first kappa shape index (κ1) is 12.1. The summed E-state index contributed by atoms with van der Waals surface area (Å²) in [5, 5.41) is 10.5.